The second-order valence-corrected chi connectivity index (χ2v) is 4.03. The first-order chi connectivity index (χ1) is 9.19. The quantitative estimate of drug-likeness (QED) is 0.661. The number of nitriles is 1. The van der Waals surface area contributed by atoms with Gasteiger partial charge in [0, 0.05) is 32.1 Å². The van der Waals surface area contributed by atoms with Gasteiger partial charge in [0.25, 0.3) is 0 Å². The van der Waals surface area contributed by atoms with Crippen molar-refractivity contribution >= 4 is 11.6 Å². The molecule has 2 rings (SSSR count). The summed E-state index contributed by atoms with van der Waals surface area (Å²) < 4.78 is 0. The number of hydrogen-bond acceptors (Lipinski definition) is 6. The third-order valence-electron chi connectivity index (χ3n) is 2.54. The molecule has 0 unspecified atom stereocenters. The van der Waals surface area contributed by atoms with Gasteiger partial charge in [-0.2, -0.15) is 5.26 Å². The standard InChI is InChI=1S/C13H14N6/c1-10-17-12(7-13(18-10)19(2)9-14)16-8-11-3-5-15-6-4-11/h3-7H,8H2,1-2H3,(H,16,17,18). The Morgan fingerprint density at radius 3 is 2.74 bits per heavy atom. The maximum Gasteiger partial charge on any atom is 0.185 e. The van der Waals surface area contributed by atoms with E-state index in [0.717, 1.165) is 5.56 Å². The van der Waals surface area contributed by atoms with E-state index in [1.165, 1.54) is 4.90 Å². The van der Waals surface area contributed by atoms with E-state index in [-0.39, 0.29) is 0 Å². The van der Waals surface area contributed by atoms with Crippen LogP contribution in [0.15, 0.2) is 30.6 Å². The number of pyridine rings is 1. The Balaban J connectivity index is 2.13. The minimum Gasteiger partial charge on any atom is -0.366 e. The van der Waals surface area contributed by atoms with Crippen LogP contribution < -0.4 is 10.2 Å². The summed E-state index contributed by atoms with van der Waals surface area (Å²) in [6.07, 6.45) is 5.51. The first-order valence-electron chi connectivity index (χ1n) is 5.81. The molecule has 0 saturated heterocycles. The van der Waals surface area contributed by atoms with Crippen LogP contribution in [0.3, 0.4) is 0 Å². The Labute approximate surface area is 111 Å². The molecule has 0 bridgehead atoms. The molecule has 0 saturated carbocycles. The molecule has 19 heavy (non-hydrogen) atoms. The molecule has 0 amide bonds. The predicted octanol–water partition coefficient (Wildman–Crippen LogP) is 1.71. The molecule has 2 heterocycles. The van der Waals surface area contributed by atoms with E-state index in [9.17, 15) is 0 Å². The predicted molar refractivity (Wildman–Crippen MR) is 72.3 cm³/mol. The molecular formula is C13H14N6. The van der Waals surface area contributed by atoms with Crippen LogP contribution in [-0.2, 0) is 6.54 Å². The molecule has 2 aromatic heterocycles. The molecule has 0 aromatic carbocycles. The molecular weight excluding hydrogens is 240 g/mol. The lowest BCUT2D eigenvalue weighted by Gasteiger charge is -2.11. The van der Waals surface area contributed by atoms with E-state index in [1.807, 2.05) is 18.3 Å². The summed E-state index contributed by atoms with van der Waals surface area (Å²) in [5.74, 6) is 1.89. The molecule has 2 aromatic rings. The van der Waals surface area contributed by atoms with Crippen LogP contribution >= 0.6 is 0 Å². The molecule has 0 aliphatic heterocycles. The summed E-state index contributed by atoms with van der Waals surface area (Å²) in [6.45, 7) is 2.45. The molecule has 6 heteroatoms. The summed E-state index contributed by atoms with van der Waals surface area (Å²) in [4.78, 5) is 13.9. The molecule has 0 aliphatic carbocycles. The smallest absolute Gasteiger partial charge is 0.185 e. The SMILES string of the molecule is Cc1nc(NCc2ccncc2)cc(N(C)C#N)n1. The highest BCUT2D eigenvalue weighted by Crippen LogP contribution is 2.14. The van der Waals surface area contributed by atoms with Gasteiger partial charge in [-0.1, -0.05) is 0 Å². The second kappa shape index (κ2) is 5.78. The largest absolute Gasteiger partial charge is 0.366 e. The third kappa shape index (κ3) is 3.39. The lowest BCUT2D eigenvalue weighted by atomic mass is 10.3. The summed E-state index contributed by atoms with van der Waals surface area (Å²) in [6, 6.07) is 5.62. The summed E-state index contributed by atoms with van der Waals surface area (Å²) in [7, 11) is 1.66. The Morgan fingerprint density at radius 1 is 1.32 bits per heavy atom. The normalized spacial score (nSPS) is 9.74. The fourth-order valence-electron chi connectivity index (χ4n) is 1.56. The number of rotatable bonds is 4. The lowest BCUT2D eigenvalue weighted by molar-refractivity contribution is 0.995. The van der Waals surface area contributed by atoms with E-state index >= 15 is 0 Å². The molecule has 0 fully saturated rings. The molecule has 96 valence electrons. The average molecular weight is 254 g/mol. The van der Waals surface area contributed by atoms with Crippen molar-refractivity contribution in [2.45, 2.75) is 13.5 Å². The van der Waals surface area contributed by atoms with Crippen molar-refractivity contribution in [2.75, 3.05) is 17.3 Å². The van der Waals surface area contributed by atoms with Crippen LogP contribution in [0, 0.1) is 18.4 Å². The Morgan fingerprint density at radius 2 is 2.05 bits per heavy atom. The molecule has 0 atom stereocenters. The highest BCUT2D eigenvalue weighted by molar-refractivity contribution is 5.51. The van der Waals surface area contributed by atoms with Crippen molar-refractivity contribution in [3.8, 4) is 6.19 Å². The van der Waals surface area contributed by atoms with Crippen molar-refractivity contribution in [3.05, 3.63) is 42.0 Å². The van der Waals surface area contributed by atoms with Crippen LogP contribution in [0.5, 0.6) is 0 Å². The highest BCUT2D eigenvalue weighted by Gasteiger charge is 2.05. The fraction of sp³-hybridized carbons (Fsp3) is 0.231. The molecule has 0 radical (unpaired) electrons. The average Bonchev–Trinajstić information content (AvgIpc) is 2.45. The van der Waals surface area contributed by atoms with Gasteiger partial charge in [0.05, 0.1) is 0 Å². The summed E-state index contributed by atoms with van der Waals surface area (Å²) in [5, 5.41) is 12.1. The van der Waals surface area contributed by atoms with Crippen molar-refractivity contribution in [2.24, 2.45) is 0 Å². The van der Waals surface area contributed by atoms with Crippen molar-refractivity contribution in [1.29, 1.82) is 5.26 Å². The Kier molecular flexibility index (Phi) is 3.88. The third-order valence-corrected chi connectivity index (χ3v) is 2.54. The van der Waals surface area contributed by atoms with E-state index in [0.29, 0.717) is 24.0 Å². The number of hydrogen-bond donors (Lipinski definition) is 1. The summed E-state index contributed by atoms with van der Waals surface area (Å²) >= 11 is 0. The maximum absolute atomic E-state index is 8.87. The van der Waals surface area contributed by atoms with Gasteiger partial charge in [-0.05, 0) is 24.6 Å². The molecule has 0 aliphatic rings. The first kappa shape index (κ1) is 12.8. The van der Waals surface area contributed by atoms with Gasteiger partial charge in [0.2, 0.25) is 0 Å². The van der Waals surface area contributed by atoms with Crippen molar-refractivity contribution < 1.29 is 0 Å². The van der Waals surface area contributed by atoms with Gasteiger partial charge in [0.1, 0.15) is 17.5 Å². The number of anilines is 2. The van der Waals surface area contributed by atoms with Gasteiger partial charge in [0.15, 0.2) is 6.19 Å². The minimum atomic E-state index is 0.576. The molecule has 6 nitrogen and oxygen atoms in total. The first-order valence-corrected chi connectivity index (χ1v) is 5.81. The lowest BCUT2D eigenvalue weighted by Crippen LogP contribution is -2.12. The van der Waals surface area contributed by atoms with Gasteiger partial charge >= 0.3 is 0 Å². The number of nitrogens with zero attached hydrogens (tertiary/aromatic N) is 5. The van der Waals surface area contributed by atoms with E-state index in [4.69, 9.17) is 5.26 Å². The van der Waals surface area contributed by atoms with E-state index in [1.54, 1.807) is 32.4 Å². The van der Waals surface area contributed by atoms with Crippen LogP contribution in [0.25, 0.3) is 0 Å². The zero-order chi connectivity index (χ0) is 13.7. The maximum atomic E-state index is 8.87. The number of nitrogens with one attached hydrogen (secondary N) is 1. The zero-order valence-corrected chi connectivity index (χ0v) is 10.8. The zero-order valence-electron chi connectivity index (χ0n) is 10.8. The van der Waals surface area contributed by atoms with Crippen molar-refractivity contribution in [1.82, 2.24) is 15.0 Å². The van der Waals surface area contributed by atoms with Gasteiger partial charge in [-0.25, -0.2) is 9.97 Å². The Bertz CT molecular complexity index is 590. The van der Waals surface area contributed by atoms with Crippen molar-refractivity contribution in [3.63, 3.8) is 0 Å². The number of aryl methyl sites for hydroxylation is 1. The van der Waals surface area contributed by atoms with Crippen LogP contribution in [0.1, 0.15) is 11.4 Å². The monoisotopic (exact) mass is 254 g/mol. The Hall–Kier alpha value is -2.68. The van der Waals surface area contributed by atoms with Gasteiger partial charge < -0.3 is 5.32 Å². The van der Waals surface area contributed by atoms with Crippen LogP contribution in [0.2, 0.25) is 0 Å². The van der Waals surface area contributed by atoms with Gasteiger partial charge in [-0.15, -0.1) is 0 Å². The second-order valence-electron chi connectivity index (χ2n) is 4.03. The fourth-order valence-corrected chi connectivity index (χ4v) is 1.56. The summed E-state index contributed by atoms with van der Waals surface area (Å²) in [5.41, 5.74) is 1.11. The minimum absolute atomic E-state index is 0.576. The molecule has 1 N–H and O–H groups in total. The number of aromatic nitrogens is 3. The topological polar surface area (TPSA) is 77.7 Å². The van der Waals surface area contributed by atoms with E-state index in [2.05, 4.69) is 20.3 Å². The highest BCUT2D eigenvalue weighted by atomic mass is 15.2. The molecule has 0 spiro atoms. The van der Waals surface area contributed by atoms with Gasteiger partial charge in [-0.3, -0.25) is 9.88 Å². The van der Waals surface area contributed by atoms with Crippen LogP contribution in [-0.4, -0.2) is 22.0 Å². The van der Waals surface area contributed by atoms with E-state index < -0.39 is 0 Å². The van der Waals surface area contributed by atoms with Crippen LogP contribution in [0.4, 0.5) is 11.6 Å².